The Labute approximate surface area is 214 Å². The van der Waals surface area contributed by atoms with Crippen molar-refractivity contribution >= 4 is 34.1 Å². The number of aryl methyl sites for hydroxylation is 2. The summed E-state index contributed by atoms with van der Waals surface area (Å²) in [6.45, 7) is 3.93. The van der Waals surface area contributed by atoms with Gasteiger partial charge in [0.1, 0.15) is 28.5 Å². The van der Waals surface area contributed by atoms with E-state index in [1.165, 1.54) is 28.2 Å². The highest BCUT2D eigenvalue weighted by atomic mass is 32.2. The monoisotopic (exact) mass is 524 g/mol. The molecular weight excluding hydrogens is 498 g/mol. The van der Waals surface area contributed by atoms with E-state index in [4.69, 9.17) is 0 Å². The van der Waals surface area contributed by atoms with Crippen LogP contribution in [-0.2, 0) is 42.1 Å². The fourth-order valence-electron chi connectivity index (χ4n) is 4.05. The van der Waals surface area contributed by atoms with Crippen molar-refractivity contribution in [2.24, 2.45) is 0 Å². The lowest BCUT2D eigenvalue weighted by Crippen LogP contribution is -2.40. The lowest BCUT2D eigenvalue weighted by Gasteiger charge is -2.11. The van der Waals surface area contributed by atoms with Gasteiger partial charge in [0.15, 0.2) is 5.65 Å². The molecule has 2 aromatic heterocycles. The maximum absolute atomic E-state index is 13.2. The summed E-state index contributed by atoms with van der Waals surface area (Å²) in [5.74, 6) is 0.524. The fourth-order valence-corrected chi connectivity index (χ4v) is 4.32. The van der Waals surface area contributed by atoms with Crippen molar-refractivity contribution in [3.8, 4) is 5.75 Å². The first-order valence-electron chi connectivity index (χ1n) is 11.7. The van der Waals surface area contributed by atoms with Gasteiger partial charge in [0.2, 0.25) is 5.91 Å². The van der Waals surface area contributed by atoms with E-state index < -0.39 is 22.6 Å². The Bertz CT molecular complexity index is 1550. The summed E-state index contributed by atoms with van der Waals surface area (Å²) in [7, 11) is 0. The summed E-state index contributed by atoms with van der Waals surface area (Å²) in [6, 6.07) is 13.8. The highest BCUT2D eigenvalue weighted by molar-refractivity contribution is 7.74. The quantitative estimate of drug-likeness (QED) is 0.302. The average molecular weight is 525 g/mol. The van der Waals surface area contributed by atoms with Gasteiger partial charge in [-0.15, -0.1) is 0 Å². The van der Waals surface area contributed by atoms with Crippen molar-refractivity contribution in [1.29, 1.82) is 0 Å². The van der Waals surface area contributed by atoms with Gasteiger partial charge in [-0.25, -0.2) is 14.0 Å². The number of imidazole rings is 1. The Kier molecular flexibility index (Phi) is 7.99. The largest absolute Gasteiger partial charge is 0.740 e. The van der Waals surface area contributed by atoms with E-state index >= 15 is 0 Å². The molecule has 1 unspecified atom stereocenters. The van der Waals surface area contributed by atoms with Gasteiger partial charge in [-0.05, 0) is 48.2 Å². The molecule has 37 heavy (non-hydrogen) atoms. The van der Waals surface area contributed by atoms with Gasteiger partial charge >= 0.3 is 5.69 Å². The number of carbonyl (C=O) groups excluding carboxylic acids is 1. The van der Waals surface area contributed by atoms with Gasteiger partial charge in [0.05, 0.1) is 0 Å². The molecule has 11 nitrogen and oxygen atoms in total. The Hall–Kier alpha value is -4.03. The molecule has 1 atom stereocenters. The summed E-state index contributed by atoms with van der Waals surface area (Å²) in [4.78, 5) is 45.2. The molecule has 0 aliphatic rings. The summed E-state index contributed by atoms with van der Waals surface area (Å²) >= 11 is -2.66. The third-order valence-electron chi connectivity index (χ3n) is 5.72. The summed E-state index contributed by atoms with van der Waals surface area (Å²) in [6.07, 6.45) is 1.47. The summed E-state index contributed by atoms with van der Waals surface area (Å²) < 4.78 is 28.7. The second-order valence-electron chi connectivity index (χ2n) is 8.51. The number of nitrogens with zero attached hydrogens (tertiary/aromatic N) is 3. The molecule has 12 heteroatoms. The Morgan fingerprint density at radius 3 is 2.35 bits per heavy atom. The molecule has 4 aromatic rings. The molecular formula is C25H26N5O6S-. The number of carbonyl (C=O) groups is 1. The molecule has 0 radical (unpaired) electrons. The first-order chi connectivity index (χ1) is 17.7. The molecule has 0 saturated heterocycles. The predicted octanol–water partition coefficient (Wildman–Crippen LogP) is 2.26. The third kappa shape index (κ3) is 6.22. The third-order valence-corrected chi connectivity index (χ3v) is 6.04. The molecule has 0 fully saturated rings. The Morgan fingerprint density at radius 2 is 1.73 bits per heavy atom. The zero-order valence-electron chi connectivity index (χ0n) is 20.4. The van der Waals surface area contributed by atoms with Crippen molar-refractivity contribution in [2.75, 3.05) is 5.32 Å². The van der Waals surface area contributed by atoms with Gasteiger partial charge in [-0.1, -0.05) is 31.2 Å². The maximum Gasteiger partial charge on any atom is 0.332 e. The van der Waals surface area contributed by atoms with Crippen LogP contribution in [0.3, 0.4) is 0 Å². The summed E-state index contributed by atoms with van der Waals surface area (Å²) in [5.41, 5.74) is 2.16. The summed E-state index contributed by atoms with van der Waals surface area (Å²) in [5, 5.41) is 2.72. The second kappa shape index (κ2) is 11.4. The lowest BCUT2D eigenvalue weighted by atomic mass is 10.1. The number of anilines is 1. The van der Waals surface area contributed by atoms with Crippen LogP contribution in [0.5, 0.6) is 5.75 Å². The van der Waals surface area contributed by atoms with Crippen LogP contribution >= 0.6 is 0 Å². The molecule has 0 spiro atoms. The highest BCUT2D eigenvalue weighted by Crippen LogP contribution is 2.17. The number of aromatic nitrogens is 4. The molecule has 2 N–H and O–H groups in total. The molecule has 0 aliphatic heterocycles. The minimum atomic E-state index is -2.66. The Balaban J connectivity index is 1.64. The number of H-pyrrole nitrogens is 1. The van der Waals surface area contributed by atoms with Crippen molar-refractivity contribution < 1.29 is 17.7 Å². The number of fused-ring (bicyclic) bond motifs is 1. The second-order valence-corrected chi connectivity index (χ2v) is 9.08. The zero-order chi connectivity index (χ0) is 26.5. The number of benzene rings is 2. The van der Waals surface area contributed by atoms with Crippen LogP contribution in [0, 0.1) is 0 Å². The minimum absolute atomic E-state index is 0.155. The van der Waals surface area contributed by atoms with Crippen LogP contribution in [0.15, 0.2) is 58.1 Å². The van der Waals surface area contributed by atoms with Crippen LogP contribution in [0.25, 0.3) is 11.2 Å². The van der Waals surface area contributed by atoms with Crippen molar-refractivity contribution in [3.05, 3.63) is 86.3 Å². The van der Waals surface area contributed by atoms with E-state index in [1.54, 1.807) is 24.3 Å². The van der Waals surface area contributed by atoms with Gasteiger partial charge in [-0.3, -0.25) is 18.7 Å². The lowest BCUT2D eigenvalue weighted by molar-refractivity contribution is -0.114. The number of hydrogen-bond donors (Lipinski definition) is 2. The van der Waals surface area contributed by atoms with Crippen LogP contribution < -0.4 is 20.7 Å². The first kappa shape index (κ1) is 26.0. The maximum atomic E-state index is 13.2. The first-order valence-corrected chi connectivity index (χ1v) is 12.7. The molecule has 2 heterocycles. The number of hydrogen-bond acceptors (Lipinski definition) is 7. The van der Waals surface area contributed by atoms with E-state index in [1.807, 2.05) is 19.1 Å². The predicted molar refractivity (Wildman–Crippen MR) is 138 cm³/mol. The molecule has 194 valence electrons. The minimum Gasteiger partial charge on any atom is -0.740 e. The molecule has 0 aliphatic carbocycles. The van der Waals surface area contributed by atoms with Gasteiger partial charge in [-0.2, -0.15) is 0 Å². The molecule has 0 bridgehead atoms. The zero-order valence-corrected chi connectivity index (χ0v) is 21.2. The Morgan fingerprint density at radius 1 is 1.05 bits per heavy atom. The van der Waals surface area contributed by atoms with Gasteiger partial charge in [0, 0.05) is 32.1 Å². The SMILES string of the molecule is CCCn1c(=O)c2[nH]c(Cc3ccc(OS(=O)[O-])cc3)nc2n(CCc2ccc(NC(C)=O)cc2)c1=O. The van der Waals surface area contributed by atoms with E-state index in [9.17, 15) is 23.1 Å². The van der Waals surface area contributed by atoms with Gasteiger partial charge < -0.3 is 19.0 Å². The van der Waals surface area contributed by atoms with E-state index in [2.05, 4.69) is 19.5 Å². The number of aromatic amines is 1. The van der Waals surface area contributed by atoms with E-state index in [-0.39, 0.29) is 29.4 Å². The molecule has 2 aromatic carbocycles. The van der Waals surface area contributed by atoms with Crippen molar-refractivity contribution in [1.82, 2.24) is 19.1 Å². The van der Waals surface area contributed by atoms with E-state index in [0.29, 0.717) is 37.3 Å². The van der Waals surface area contributed by atoms with E-state index in [0.717, 1.165) is 11.1 Å². The number of rotatable bonds is 10. The highest BCUT2D eigenvalue weighted by Gasteiger charge is 2.17. The smallest absolute Gasteiger partial charge is 0.332 e. The normalized spacial score (nSPS) is 12.0. The van der Waals surface area contributed by atoms with Crippen LogP contribution in [0.4, 0.5) is 5.69 Å². The standard InChI is InChI=1S/C25H27N5O6S/c1-3-13-30-24(32)22-23(28-21(27-22)15-18-6-10-20(11-7-18)36-37(34)35)29(25(30)33)14-12-17-4-8-19(9-5-17)26-16(2)31/h4-11H,3,12-15H2,1-2H3,(H,26,31)(H,27,28)(H,34,35)/p-1. The molecule has 1 amide bonds. The number of nitrogens with one attached hydrogen (secondary N) is 2. The molecule has 0 saturated carbocycles. The fraction of sp³-hybridized carbons (Fsp3) is 0.280. The van der Waals surface area contributed by atoms with Crippen LogP contribution in [0.1, 0.15) is 37.2 Å². The van der Waals surface area contributed by atoms with Gasteiger partial charge in [0.25, 0.3) is 5.56 Å². The number of amides is 1. The van der Waals surface area contributed by atoms with Crippen LogP contribution in [-0.4, -0.2) is 33.8 Å². The topological polar surface area (TPSA) is 151 Å². The molecule has 4 rings (SSSR count). The average Bonchev–Trinajstić information content (AvgIpc) is 3.27. The van der Waals surface area contributed by atoms with Crippen molar-refractivity contribution in [3.63, 3.8) is 0 Å². The van der Waals surface area contributed by atoms with Crippen molar-refractivity contribution in [2.45, 2.75) is 46.2 Å². The van der Waals surface area contributed by atoms with Crippen LogP contribution in [0.2, 0.25) is 0 Å².